The average Bonchev–Trinajstić information content (AvgIpc) is 3.09. The van der Waals surface area contributed by atoms with Crippen molar-refractivity contribution in [1.29, 1.82) is 0 Å². The molecule has 0 bridgehead atoms. The second kappa shape index (κ2) is 9.87. The highest BCUT2D eigenvalue weighted by molar-refractivity contribution is 8.00. The van der Waals surface area contributed by atoms with Crippen molar-refractivity contribution in [2.75, 3.05) is 16.8 Å². The molecule has 3 aromatic rings. The van der Waals surface area contributed by atoms with Gasteiger partial charge in [0.1, 0.15) is 11.6 Å². The number of halogens is 1. The van der Waals surface area contributed by atoms with Crippen LogP contribution in [0.15, 0.2) is 77.7 Å². The van der Waals surface area contributed by atoms with Gasteiger partial charge in [-0.15, -0.1) is 11.8 Å². The quantitative estimate of drug-likeness (QED) is 0.504. The Bertz CT molecular complexity index is 1160. The standard InChI is InChI=1S/C25H21FN2O4S/c1-2-32-20-11-9-19(10-12-20)28-23(29)15-22(25(28)31)33-21-13-7-18(8-14-21)27-24(30)16-3-5-17(26)6-4-16/h3-14,22H,2,15H2,1H3,(H,27,30). The van der Waals surface area contributed by atoms with Crippen molar-refractivity contribution in [2.24, 2.45) is 0 Å². The van der Waals surface area contributed by atoms with E-state index in [0.717, 1.165) is 4.90 Å². The van der Waals surface area contributed by atoms with Crippen LogP contribution in [0.4, 0.5) is 15.8 Å². The molecule has 1 heterocycles. The Balaban J connectivity index is 1.38. The molecule has 1 atom stereocenters. The van der Waals surface area contributed by atoms with E-state index in [4.69, 9.17) is 4.74 Å². The van der Waals surface area contributed by atoms with Crippen LogP contribution in [0.25, 0.3) is 0 Å². The van der Waals surface area contributed by atoms with Gasteiger partial charge >= 0.3 is 0 Å². The topological polar surface area (TPSA) is 75.7 Å². The number of thioether (sulfide) groups is 1. The van der Waals surface area contributed by atoms with E-state index in [0.29, 0.717) is 29.3 Å². The molecule has 3 amide bonds. The van der Waals surface area contributed by atoms with Crippen LogP contribution in [-0.2, 0) is 9.59 Å². The zero-order valence-corrected chi connectivity index (χ0v) is 18.6. The molecule has 1 fully saturated rings. The van der Waals surface area contributed by atoms with Crippen molar-refractivity contribution in [3.63, 3.8) is 0 Å². The summed E-state index contributed by atoms with van der Waals surface area (Å²) in [6, 6.07) is 19.1. The van der Waals surface area contributed by atoms with Crippen LogP contribution in [0.5, 0.6) is 5.75 Å². The summed E-state index contributed by atoms with van der Waals surface area (Å²) in [5.74, 6) is -0.586. The van der Waals surface area contributed by atoms with Gasteiger partial charge in [0.25, 0.3) is 5.91 Å². The van der Waals surface area contributed by atoms with Crippen molar-refractivity contribution in [1.82, 2.24) is 0 Å². The summed E-state index contributed by atoms with van der Waals surface area (Å²) in [4.78, 5) is 39.7. The van der Waals surface area contributed by atoms with Gasteiger partial charge in [0, 0.05) is 22.6 Å². The summed E-state index contributed by atoms with van der Waals surface area (Å²) in [6.45, 7) is 2.42. The highest BCUT2D eigenvalue weighted by Crippen LogP contribution is 2.35. The summed E-state index contributed by atoms with van der Waals surface area (Å²) in [5, 5.41) is 2.22. The first-order valence-corrected chi connectivity index (χ1v) is 11.3. The van der Waals surface area contributed by atoms with Crippen LogP contribution in [0.1, 0.15) is 23.7 Å². The molecule has 1 aliphatic rings. The highest BCUT2D eigenvalue weighted by atomic mass is 32.2. The van der Waals surface area contributed by atoms with E-state index in [1.165, 1.54) is 40.9 Å². The average molecular weight is 465 g/mol. The molecule has 4 rings (SSSR count). The molecular formula is C25H21FN2O4S. The lowest BCUT2D eigenvalue weighted by molar-refractivity contribution is -0.121. The number of hydrogen-bond donors (Lipinski definition) is 1. The van der Waals surface area contributed by atoms with E-state index in [9.17, 15) is 18.8 Å². The third kappa shape index (κ3) is 5.23. The Morgan fingerprint density at radius 2 is 1.70 bits per heavy atom. The summed E-state index contributed by atoms with van der Waals surface area (Å²) in [7, 11) is 0. The second-order valence-corrected chi connectivity index (χ2v) is 8.57. The van der Waals surface area contributed by atoms with Crippen LogP contribution < -0.4 is 15.0 Å². The smallest absolute Gasteiger partial charge is 0.255 e. The number of carbonyl (C=O) groups is 3. The fraction of sp³-hybridized carbons (Fsp3) is 0.160. The van der Waals surface area contributed by atoms with Gasteiger partial charge in [-0.2, -0.15) is 0 Å². The van der Waals surface area contributed by atoms with Crippen LogP contribution in [-0.4, -0.2) is 29.6 Å². The molecule has 8 heteroatoms. The van der Waals surface area contributed by atoms with E-state index in [-0.39, 0.29) is 24.1 Å². The van der Waals surface area contributed by atoms with Gasteiger partial charge in [-0.3, -0.25) is 14.4 Å². The third-order valence-electron chi connectivity index (χ3n) is 5.01. The van der Waals surface area contributed by atoms with E-state index in [2.05, 4.69) is 5.32 Å². The Kier molecular flexibility index (Phi) is 6.74. The maximum absolute atomic E-state index is 13.0. The van der Waals surface area contributed by atoms with Crippen molar-refractivity contribution in [3.8, 4) is 5.75 Å². The Morgan fingerprint density at radius 1 is 1.03 bits per heavy atom. The number of nitrogens with one attached hydrogen (secondary N) is 1. The number of benzene rings is 3. The minimum atomic E-state index is -0.524. The number of hydrogen-bond acceptors (Lipinski definition) is 5. The number of amides is 3. The Labute approximate surface area is 194 Å². The zero-order valence-electron chi connectivity index (χ0n) is 17.8. The number of ether oxygens (including phenoxy) is 1. The van der Waals surface area contributed by atoms with E-state index < -0.39 is 11.1 Å². The molecule has 0 aromatic heterocycles. The molecule has 1 unspecified atom stereocenters. The predicted octanol–water partition coefficient (Wildman–Crippen LogP) is 4.90. The zero-order chi connectivity index (χ0) is 23.4. The van der Waals surface area contributed by atoms with Gasteiger partial charge in [0.15, 0.2) is 0 Å². The molecule has 1 aliphatic heterocycles. The van der Waals surface area contributed by atoms with Crippen molar-refractivity contribution in [2.45, 2.75) is 23.5 Å². The van der Waals surface area contributed by atoms with Crippen LogP contribution in [0, 0.1) is 5.82 Å². The lowest BCUT2D eigenvalue weighted by atomic mass is 10.2. The highest BCUT2D eigenvalue weighted by Gasteiger charge is 2.40. The normalized spacial score (nSPS) is 15.6. The van der Waals surface area contributed by atoms with Crippen LogP contribution in [0.2, 0.25) is 0 Å². The monoisotopic (exact) mass is 464 g/mol. The number of carbonyl (C=O) groups excluding carboxylic acids is 3. The predicted molar refractivity (Wildman–Crippen MR) is 125 cm³/mol. The number of imide groups is 1. The van der Waals surface area contributed by atoms with Crippen LogP contribution >= 0.6 is 11.8 Å². The molecule has 0 spiro atoms. The first-order valence-electron chi connectivity index (χ1n) is 10.4. The van der Waals surface area contributed by atoms with Gasteiger partial charge in [-0.1, -0.05) is 0 Å². The largest absolute Gasteiger partial charge is 0.494 e. The lowest BCUT2D eigenvalue weighted by Crippen LogP contribution is -2.31. The van der Waals surface area contributed by atoms with Gasteiger partial charge < -0.3 is 10.1 Å². The van der Waals surface area contributed by atoms with Crippen LogP contribution in [0.3, 0.4) is 0 Å². The number of rotatable bonds is 7. The van der Waals surface area contributed by atoms with Crippen molar-refractivity contribution < 1.29 is 23.5 Å². The van der Waals surface area contributed by atoms with Gasteiger partial charge in [-0.25, -0.2) is 9.29 Å². The maximum Gasteiger partial charge on any atom is 0.255 e. The van der Waals surface area contributed by atoms with Gasteiger partial charge in [0.05, 0.1) is 17.5 Å². The van der Waals surface area contributed by atoms with E-state index >= 15 is 0 Å². The SMILES string of the molecule is CCOc1ccc(N2C(=O)CC(Sc3ccc(NC(=O)c4ccc(F)cc4)cc3)C2=O)cc1. The van der Waals surface area contributed by atoms with E-state index in [1.54, 1.807) is 48.5 Å². The molecule has 0 aliphatic carbocycles. The molecule has 6 nitrogen and oxygen atoms in total. The molecule has 168 valence electrons. The van der Waals surface area contributed by atoms with Gasteiger partial charge in [-0.05, 0) is 79.7 Å². The Hall–Kier alpha value is -3.65. The van der Waals surface area contributed by atoms with Crippen molar-refractivity contribution >= 4 is 40.9 Å². The maximum atomic E-state index is 13.0. The number of nitrogens with zero attached hydrogens (tertiary/aromatic N) is 1. The summed E-state index contributed by atoms with van der Waals surface area (Å²) in [6.07, 6.45) is 0.111. The molecule has 1 N–H and O–H groups in total. The molecule has 1 saturated heterocycles. The minimum absolute atomic E-state index is 0.111. The Morgan fingerprint density at radius 3 is 2.33 bits per heavy atom. The fourth-order valence-corrected chi connectivity index (χ4v) is 4.47. The third-order valence-corrected chi connectivity index (χ3v) is 6.21. The minimum Gasteiger partial charge on any atom is -0.494 e. The summed E-state index contributed by atoms with van der Waals surface area (Å²) >= 11 is 1.31. The lowest BCUT2D eigenvalue weighted by Gasteiger charge is -2.15. The van der Waals surface area contributed by atoms with E-state index in [1.807, 2.05) is 6.92 Å². The van der Waals surface area contributed by atoms with Gasteiger partial charge in [0.2, 0.25) is 11.8 Å². The summed E-state index contributed by atoms with van der Waals surface area (Å²) in [5.41, 5.74) is 1.44. The number of anilines is 2. The first-order chi connectivity index (χ1) is 15.9. The molecule has 0 saturated carbocycles. The molecule has 0 radical (unpaired) electrons. The molecule has 3 aromatic carbocycles. The second-order valence-electron chi connectivity index (χ2n) is 7.29. The molecular weight excluding hydrogens is 443 g/mol. The summed E-state index contributed by atoms with van der Waals surface area (Å²) < 4.78 is 18.4. The fourth-order valence-electron chi connectivity index (χ4n) is 3.41. The molecule has 33 heavy (non-hydrogen) atoms. The first kappa shape index (κ1) is 22.5. The van der Waals surface area contributed by atoms with Crippen molar-refractivity contribution in [3.05, 3.63) is 84.2 Å².